The number of aromatic nitrogens is 2. The van der Waals surface area contributed by atoms with Gasteiger partial charge in [-0.15, -0.1) is 0 Å². The molecule has 2 aromatic heterocycles. The molecule has 118 valence electrons. The molecular formula is C17H13F3N2O. The van der Waals surface area contributed by atoms with Gasteiger partial charge >= 0.3 is 6.18 Å². The molecule has 2 heterocycles. The monoisotopic (exact) mass is 318 g/mol. The molecule has 0 unspecified atom stereocenters. The minimum Gasteiger partial charge on any atom is -0.347 e. The molecule has 0 radical (unpaired) electrons. The standard InChI is InChI=1S/C17H13F3N2O/c18-17(19,20)16-15-13(6-9-21-16)22(11-8-14(15)23)10-7-12-4-2-1-3-5-12/h1-6,8-9,11H,7,10H2. The molecule has 6 heteroatoms. The number of halogens is 3. The number of aryl methyl sites for hydroxylation is 2. The van der Waals surface area contributed by atoms with Crippen LogP contribution < -0.4 is 5.43 Å². The first kappa shape index (κ1) is 15.3. The van der Waals surface area contributed by atoms with Gasteiger partial charge in [0.25, 0.3) is 0 Å². The maximum absolute atomic E-state index is 13.1. The van der Waals surface area contributed by atoms with E-state index in [1.165, 1.54) is 12.3 Å². The molecule has 1 aromatic carbocycles. The molecule has 3 nitrogen and oxygen atoms in total. The highest BCUT2D eigenvalue weighted by atomic mass is 19.4. The van der Waals surface area contributed by atoms with Gasteiger partial charge < -0.3 is 4.57 Å². The number of rotatable bonds is 3. The Morgan fingerprint density at radius 1 is 1.04 bits per heavy atom. The Labute approximate surface area is 130 Å². The Bertz CT molecular complexity index is 886. The molecule has 23 heavy (non-hydrogen) atoms. The summed E-state index contributed by atoms with van der Waals surface area (Å²) in [6.45, 7) is 0.474. The van der Waals surface area contributed by atoms with E-state index in [4.69, 9.17) is 0 Å². The largest absolute Gasteiger partial charge is 0.434 e. The molecule has 0 saturated heterocycles. The molecule has 0 saturated carbocycles. The highest BCUT2D eigenvalue weighted by Crippen LogP contribution is 2.31. The van der Waals surface area contributed by atoms with Gasteiger partial charge in [0.15, 0.2) is 11.1 Å². The smallest absolute Gasteiger partial charge is 0.347 e. The minimum atomic E-state index is -4.66. The number of hydrogen-bond acceptors (Lipinski definition) is 2. The van der Waals surface area contributed by atoms with Crippen LogP contribution in [-0.2, 0) is 19.1 Å². The van der Waals surface area contributed by atoms with Gasteiger partial charge in [0.05, 0.1) is 10.9 Å². The Kier molecular flexibility index (Phi) is 3.90. The van der Waals surface area contributed by atoms with E-state index in [1.807, 2.05) is 30.3 Å². The molecule has 3 aromatic rings. The van der Waals surface area contributed by atoms with Crippen molar-refractivity contribution >= 4 is 10.9 Å². The molecule has 0 atom stereocenters. The summed E-state index contributed by atoms with van der Waals surface area (Å²) in [6, 6.07) is 12.2. The van der Waals surface area contributed by atoms with Gasteiger partial charge in [-0.25, -0.2) is 0 Å². The normalized spacial score (nSPS) is 11.8. The first-order valence-electron chi connectivity index (χ1n) is 7.06. The summed E-state index contributed by atoms with van der Waals surface area (Å²) in [5.41, 5.74) is -0.481. The molecule has 0 N–H and O–H groups in total. The van der Waals surface area contributed by atoms with Crippen LogP contribution in [0.5, 0.6) is 0 Å². The Morgan fingerprint density at radius 2 is 1.78 bits per heavy atom. The van der Waals surface area contributed by atoms with Crippen molar-refractivity contribution in [1.29, 1.82) is 0 Å². The second kappa shape index (κ2) is 5.87. The first-order valence-corrected chi connectivity index (χ1v) is 7.06. The van der Waals surface area contributed by atoms with Gasteiger partial charge in [-0.3, -0.25) is 9.78 Å². The van der Waals surface area contributed by atoms with E-state index >= 15 is 0 Å². The minimum absolute atomic E-state index is 0.246. The van der Waals surface area contributed by atoms with Crippen molar-refractivity contribution in [2.75, 3.05) is 0 Å². The summed E-state index contributed by atoms with van der Waals surface area (Å²) in [4.78, 5) is 15.3. The lowest BCUT2D eigenvalue weighted by Crippen LogP contribution is -2.17. The molecule has 0 fully saturated rings. The van der Waals surface area contributed by atoms with Crippen LogP contribution in [0, 0.1) is 0 Å². The zero-order valence-corrected chi connectivity index (χ0v) is 12.0. The van der Waals surface area contributed by atoms with E-state index in [0.29, 0.717) is 13.0 Å². The van der Waals surface area contributed by atoms with Crippen LogP contribution in [0.4, 0.5) is 13.2 Å². The van der Waals surface area contributed by atoms with Crippen molar-refractivity contribution in [2.24, 2.45) is 0 Å². The molecular weight excluding hydrogens is 305 g/mol. The maximum atomic E-state index is 13.1. The van der Waals surface area contributed by atoms with Crippen LogP contribution in [0.3, 0.4) is 0 Å². The number of benzene rings is 1. The third kappa shape index (κ3) is 3.11. The van der Waals surface area contributed by atoms with Crippen molar-refractivity contribution in [3.8, 4) is 0 Å². The Hall–Kier alpha value is -2.63. The number of fused-ring (bicyclic) bond motifs is 1. The average Bonchev–Trinajstić information content (AvgIpc) is 2.54. The molecule has 0 aliphatic heterocycles. The lowest BCUT2D eigenvalue weighted by atomic mass is 10.1. The summed E-state index contributed by atoms with van der Waals surface area (Å²) in [7, 11) is 0. The Morgan fingerprint density at radius 3 is 2.48 bits per heavy atom. The number of alkyl halides is 3. The van der Waals surface area contributed by atoms with Gasteiger partial charge in [-0.05, 0) is 18.1 Å². The summed E-state index contributed by atoms with van der Waals surface area (Å²) >= 11 is 0. The topological polar surface area (TPSA) is 34.9 Å². The zero-order chi connectivity index (χ0) is 16.4. The Balaban J connectivity index is 2.06. The van der Waals surface area contributed by atoms with E-state index in [9.17, 15) is 18.0 Å². The summed E-state index contributed by atoms with van der Waals surface area (Å²) in [5.74, 6) is 0. The quantitative estimate of drug-likeness (QED) is 0.739. The van der Waals surface area contributed by atoms with Gasteiger partial charge in [0.1, 0.15) is 0 Å². The fraction of sp³-hybridized carbons (Fsp3) is 0.176. The molecule has 0 spiro atoms. The molecule has 0 amide bonds. The van der Waals surface area contributed by atoms with Crippen LogP contribution in [0.2, 0.25) is 0 Å². The van der Waals surface area contributed by atoms with Crippen LogP contribution in [-0.4, -0.2) is 9.55 Å². The lowest BCUT2D eigenvalue weighted by Gasteiger charge is -2.13. The van der Waals surface area contributed by atoms with E-state index in [-0.39, 0.29) is 10.9 Å². The maximum Gasteiger partial charge on any atom is 0.434 e. The van der Waals surface area contributed by atoms with E-state index in [2.05, 4.69) is 4.98 Å². The summed E-state index contributed by atoms with van der Waals surface area (Å²) < 4.78 is 40.9. The van der Waals surface area contributed by atoms with Crippen LogP contribution in [0.25, 0.3) is 10.9 Å². The van der Waals surface area contributed by atoms with Gasteiger partial charge in [-0.2, -0.15) is 13.2 Å². The average molecular weight is 318 g/mol. The SMILES string of the molecule is O=c1ccn(CCc2ccccc2)c2ccnc(C(F)(F)F)c12. The van der Waals surface area contributed by atoms with Crippen molar-refractivity contribution in [3.63, 3.8) is 0 Å². The highest BCUT2D eigenvalue weighted by Gasteiger charge is 2.35. The highest BCUT2D eigenvalue weighted by molar-refractivity contribution is 5.81. The molecule has 0 aliphatic carbocycles. The zero-order valence-electron chi connectivity index (χ0n) is 12.0. The number of pyridine rings is 2. The van der Waals surface area contributed by atoms with E-state index < -0.39 is 17.3 Å². The second-order valence-electron chi connectivity index (χ2n) is 5.16. The van der Waals surface area contributed by atoms with Gasteiger partial charge in [0.2, 0.25) is 0 Å². The van der Waals surface area contributed by atoms with Crippen molar-refractivity contribution in [1.82, 2.24) is 9.55 Å². The van der Waals surface area contributed by atoms with E-state index in [1.54, 1.807) is 4.57 Å². The fourth-order valence-corrected chi connectivity index (χ4v) is 2.56. The van der Waals surface area contributed by atoms with Crippen LogP contribution >= 0.6 is 0 Å². The fourth-order valence-electron chi connectivity index (χ4n) is 2.56. The predicted molar refractivity (Wildman–Crippen MR) is 81.2 cm³/mol. The van der Waals surface area contributed by atoms with E-state index in [0.717, 1.165) is 17.8 Å². The number of nitrogens with zero attached hydrogens (tertiary/aromatic N) is 2. The second-order valence-corrected chi connectivity index (χ2v) is 5.16. The van der Waals surface area contributed by atoms with Gasteiger partial charge in [0, 0.05) is 25.0 Å². The predicted octanol–water partition coefficient (Wildman–Crippen LogP) is 3.66. The molecule has 0 aliphatic rings. The van der Waals surface area contributed by atoms with Gasteiger partial charge in [-0.1, -0.05) is 30.3 Å². The summed E-state index contributed by atoms with van der Waals surface area (Å²) in [5, 5.41) is -0.379. The van der Waals surface area contributed by atoms with Crippen molar-refractivity contribution in [2.45, 2.75) is 19.1 Å². The first-order chi connectivity index (χ1) is 11.0. The van der Waals surface area contributed by atoms with Crippen molar-refractivity contribution in [3.05, 3.63) is 76.3 Å². The molecule has 3 rings (SSSR count). The van der Waals surface area contributed by atoms with Crippen molar-refractivity contribution < 1.29 is 13.2 Å². The third-order valence-electron chi connectivity index (χ3n) is 3.64. The summed E-state index contributed by atoms with van der Waals surface area (Å²) in [6.07, 6.45) is -1.39. The third-order valence-corrected chi connectivity index (χ3v) is 3.64. The lowest BCUT2D eigenvalue weighted by molar-refractivity contribution is -0.139. The van der Waals surface area contributed by atoms with Crippen LogP contribution in [0.15, 0.2) is 59.7 Å². The van der Waals surface area contributed by atoms with Crippen LogP contribution in [0.1, 0.15) is 11.3 Å². The number of hydrogen-bond donors (Lipinski definition) is 0. The molecule has 0 bridgehead atoms.